The Bertz CT molecular complexity index is 525. The second kappa shape index (κ2) is 5.71. The minimum Gasteiger partial charge on any atom is -0.338 e. The van der Waals surface area contributed by atoms with Crippen molar-refractivity contribution < 1.29 is 13.2 Å². The number of hydrogen-bond donors (Lipinski definition) is 0. The maximum atomic E-state index is 12.0. The van der Waals surface area contributed by atoms with Crippen molar-refractivity contribution in [3.63, 3.8) is 0 Å². The van der Waals surface area contributed by atoms with Crippen molar-refractivity contribution in [3.8, 4) is 0 Å². The van der Waals surface area contributed by atoms with E-state index in [0.29, 0.717) is 11.4 Å². The summed E-state index contributed by atoms with van der Waals surface area (Å²) in [6, 6.07) is 5.81. The number of halogens is 1. The van der Waals surface area contributed by atoms with Crippen molar-refractivity contribution in [2.75, 3.05) is 19.2 Å². The lowest BCUT2D eigenvalue weighted by atomic mass is 10.2. The molecular formula is C12H16ClNO3S. The lowest BCUT2D eigenvalue weighted by Crippen LogP contribution is -2.36. The van der Waals surface area contributed by atoms with E-state index in [4.69, 9.17) is 11.6 Å². The molecule has 0 N–H and O–H groups in total. The van der Waals surface area contributed by atoms with E-state index in [2.05, 4.69) is 0 Å². The highest BCUT2D eigenvalue weighted by molar-refractivity contribution is 7.90. The normalized spacial score (nSPS) is 13.1. The lowest BCUT2D eigenvalue weighted by Gasteiger charge is -2.23. The van der Waals surface area contributed by atoms with Gasteiger partial charge in [0.05, 0.1) is 4.90 Å². The van der Waals surface area contributed by atoms with Gasteiger partial charge >= 0.3 is 0 Å². The van der Waals surface area contributed by atoms with Crippen LogP contribution in [0.4, 0.5) is 0 Å². The zero-order chi connectivity index (χ0) is 13.9. The third-order valence-electron chi connectivity index (χ3n) is 2.73. The maximum Gasteiger partial charge on any atom is 0.253 e. The number of rotatable bonds is 4. The summed E-state index contributed by atoms with van der Waals surface area (Å²) >= 11 is 5.69. The van der Waals surface area contributed by atoms with Crippen LogP contribution in [0.2, 0.25) is 0 Å². The Balaban J connectivity index is 2.96. The van der Waals surface area contributed by atoms with E-state index >= 15 is 0 Å². The molecule has 0 bridgehead atoms. The predicted octanol–water partition coefficient (Wildman–Crippen LogP) is 1.79. The first kappa shape index (κ1) is 15.0. The largest absolute Gasteiger partial charge is 0.338 e. The van der Waals surface area contributed by atoms with Gasteiger partial charge in [0.2, 0.25) is 0 Å². The molecule has 0 aliphatic heterocycles. The molecule has 0 saturated carbocycles. The molecule has 0 heterocycles. The van der Waals surface area contributed by atoms with E-state index in [1.54, 1.807) is 7.05 Å². The Morgan fingerprint density at radius 2 is 1.83 bits per heavy atom. The number of carbonyl (C=O) groups excluding carboxylic acids is 1. The molecule has 6 heteroatoms. The van der Waals surface area contributed by atoms with Gasteiger partial charge in [-0.2, -0.15) is 0 Å². The average Bonchev–Trinajstić information content (AvgIpc) is 2.35. The van der Waals surface area contributed by atoms with Gasteiger partial charge in [-0.05, 0) is 31.2 Å². The summed E-state index contributed by atoms with van der Waals surface area (Å²) in [5.74, 6) is 0.173. The van der Waals surface area contributed by atoms with E-state index in [0.717, 1.165) is 6.26 Å². The lowest BCUT2D eigenvalue weighted by molar-refractivity contribution is 0.0756. The third kappa shape index (κ3) is 3.46. The van der Waals surface area contributed by atoms with Gasteiger partial charge in [0.15, 0.2) is 9.84 Å². The minimum absolute atomic E-state index is 0.0752. The van der Waals surface area contributed by atoms with Gasteiger partial charge in [0, 0.05) is 30.8 Å². The zero-order valence-electron chi connectivity index (χ0n) is 10.6. The zero-order valence-corrected chi connectivity index (χ0v) is 12.1. The van der Waals surface area contributed by atoms with Crippen molar-refractivity contribution in [1.82, 2.24) is 4.90 Å². The molecule has 0 saturated heterocycles. The molecule has 1 unspecified atom stereocenters. The topological polar surface area (TPSA) is 54.5 Å². The smallest absolute Gasteiger partial charge is 0.253 e. The Hall–Kier alpha value is -1.07. The Morgan fingerprint density at radius 3 is 2.22 bits per heavy atom. The van der Waals surface area contributed by atoms with E-state index in [-0.39, 0.29) is 16.8 Å². The van der Waals surface area contributed by atoms with Crippen LogP contribution >= 0.6 is 11.6 Å². The van der Waals surface area contributed by atoms with E-state index in [1.807, 2.05) is 6.92 Å². The molecule has 0 radical (unpaired) electrons. The SMILES string of the molecule is CC(CCl)N(C)C(=O)c1ccc(S(C)(=O)=O)cc1. The summed E-state index contributed by atoms with van der Waals surface area (Å²) < 4.78 is 22.6. The van der Waals surface area contributed by atoms with Crippen LogP contribution in [0.15, 0.2) is 29.2 Å². The molecule has 0 fully saturated rings. The molecule has 1 aromatic rings. The summed E-state index contributed by atoms with van der Waals surface area (Å²) in [4.78, 5) is 13.8. The van der Waals surface area contributed by atoms with Crippen LogP contribution in [0.3, 0.4) is 0 Å². The molecule has 1 amide bonds. The van der Waals surface area contributed by atoms with Crippen molar-refractivity contribution in [2.24, 2.45) is 0 Å². The van der Waals surface area contributed by atoms with Gasteiger partial charge < -0.3 is 4.90 Å². The predicted molar refractivity (Wildman–Crippen MR) is 71.8 cm³/mol. The number of nitrogens with zero attached hydrogens (tertiary/aromatic N) is 1. The van der Waals surface area contributed by atoms with E-state index in [9.17, 15) is 13.2 Å². The second-order valence-electron chi connectivity index (χ2n) is 4.22. The molecule has 100 valence electrons. The molecule has 1 aromatic carbocycles. The highest BCUT2D eigenvalue weighted by Gasteiger charge is 2.17. The summed E-state index contributed by atoms with van der Waals surface area (Å²) in [7, 11) is -1.57. The summed E-state index contributed by atoms with van der Waals surface area (Å²) in [6.45, 7) is 1.84. The highest BCUT2D eigenvalue weighted by atomic mass is 35.5. The number of alkyl halides is 1. The van der Waals surface area contributed by atoms with Crippen LogP contribution in [0, 0.1) is 0 Å². The number of benzene rings is 1. The van der Waals surface area contributed by atoms with Crippen LogP contribution < -0.4 is 0 Å². The maximum absolute atomic E-state index is 12.0. The van der Waals surface area contributed by atoms with Crippen molar-refractivity contribution >= 4 is 27.3 Å². The van der Waals surface area contributed by atoms with Crippen LogP contribution in [0.1, 0.15) is 17.3 Å². The molecule has 0 spiro atoms. The molecular weight excluding hydrogens is 274 g/mol. The first-order valence-corrected chi connectivity index (χ1v) is 7.83. The monoisotopic (exact) mass is 289 g/mol. The number of hydrogen-bond acceptors (Lipinski definition) is 3. The standard InChI is InChI=1S/C12H16ClNO3S/c1-9(8-13)14(2)12(15)10-4-6-11(7-5-10)18(3,16)17/h4-7,9H,8H2,1-3H3. The summed E-state index contributed by atoms with van der Waals surface area (Å²) in [6.07, 6.45) is 1.13. The quantitative estimate of drug-likeness (QED) is 0.794. The molecule has 1 rings (SSSR count). The first-order valence-electron chi connectivity index (χ1n) is 5.40. The average molecular weight is 290 g/mol. The Kier molecular flexibility index (Phi) is 4.76. The van der Waals surface area contributed by atoms with Gasteiger partial charge in [0.1, 0.15) is 0 Å². The van der Waals surface area contributed by atoms with Gasteiger partial charge in [-0.15, -0.1) is 11.6 Å². The van der Waals surface area contributed by atoms with Gasteiger partial charge in [-0.1, -0.05) is 0 Å². The van der Waals surface area contributed by atoms with Crippen LogP contribution in [0.5, 0.6) is 0 Å². The van der Waals surface area contributed by atoms with Gasteiger partial charge in [-0.3, -0.25) is 4.79 Å². The van der Waals surface area contributed by atoms with Crippen molar-refractivity contribution in [2.45, 2.75) is 17.9 Å². The van der Waals surface area contributed by atoms with Crippen LogP contribution in [-0.4, -0.2) is 44.5 Å². The van der Waals surface area contributed by atoms with E-state index in [1.165, 1.54) is 29.2 Å². The Morgan fingerprint density at radius 1 is 1.33 bits per heavy atom. The number of carbonyl (C=O) groups is 1. The number of sulfone groups is 1. The molecule has 1 atom stereocenters. The minimum atomic E-state index is -3.23. The summed E-state index contributed by atoms with van der Waals surface area (Å²) in [5, 5.41) is 0. The van der Waals surface area contributed by atoms with Gasteiger partial charge in [-0.25, -0.2) is 8.42 Å². The fourth-order valence-corrected chi connectivity index (χ4v) is 2.19. The second-order valence-corrected chi connectivity index (χ2v) is 6.54. The molecule has 0 aromatic heterocycles. The van der Waals surface area contributed by atoms with E-state index < -0.39 is 9.84 Å². The third-order valence-corrected chi connectivity index (χ3v) is 4.31. The first-order chi connectivity index (χ1) is 8.27. The van der Waals surface area contributed by atoms with Crippen LogP contribution in [-0.2, 0) is 9.84 Å². The Labute approximate surface area is 112 Å². The highest BCUT2D eigenvalue weighted by Crippen LogP contribution is 2.13. The molecule has 4 nitrogen and oxygen atoms in total. The van der Waals surface area contributed by atoms with Gasteiger partial charge in [0.25, 0.3) is 5.91 Å². The molecule has 0 aliphatic carbocycles. The van der Waals surface area contributed by atoms with Crippen molar-refractivity contribution in [3.05, 3.63) is 29.8 Å². The molecule has 18 heavy (non-hydrogen) atoms. The number of amides is 1. The van der Waals surface area contributed by atoms with Crippen LogP contribution in [0.25, 0.3) is 0 Å². The summed E-state index contributed by atoms with van der Waals surface area (Å²) in [5.41, 5.74) is 0.446. The molecule has 0 aliphatic rings. The fraction of sp³-hybridized carbons (Fsp3) is 0.417. The fourth-order valence-electron chi connectivity index (χ4n) is 1.35. The van der Waals surface area contributed by atoms with Crippen molar-refractivity contribution in [1.29, 1.82) is 0 Å².